The third-order valence-electron chi connectivity index (χ3n) is 8.50. The molecule has 4 amide bonds. The smallest absolute Gasteiger partial charge is 0.335 e. The maximum Gasteiger partial charge on any atom is 0.335 e. The number of carboxylic acid groups (broad SMARTS) is 2. The van der Waals surface area contributed by atoms with Gasteiger partial charge in [-0.15, -0.1) is 0 Å². The van der Waals surface area contributed by atoms with Crippen LogP contribution in [0.5, 0.6) is 0 Å². The lowest BCUT2D eigenvalue weighted by molar-refractivity contribution is -0.111. The van der Waals surface area contributed by atoms with Gasteiger partial charge in [0.15, 0.2) is 5.78 Å². The number of carbonyl (C=O) groups excluding carboxylic acids is 5. The molecule has 1 aliphatic carbocycles. The number of ketones is 1. The summed E-state index contributed by atoms with van der Waals surface area (Å²) in [7, 11) is 0. The number of amides is 4. The van der Waals surface area contributed by atoms with Crippen molar-refractivity contribution in [1.82, 2.24) is 0 Å². The van der Waals surface area contributed by atoms with Crippen molar-refractivity contribution in [3.05, 3.63) is 141 Å². The quantitative estimate of drug-likeness (QED) is 0.204. The summed E-state index contributed by atoms with van der Waals surface area (Å²) in [6.07, 6.45) is 4.50. The van der Waals surface area contributed by atoms with E-state index in [4.69, 9.17) is 0 Å². The van der Waals surface area contributed by atoms with E-state index in [2.05, 4.69) is 0 Å². The molecule has 0 aromatic heterocycles. The van der Waals surface area contributed by atoms with E-state index in [1.807, 2.05) is 0 Å². The Morgan fingerprint density at radius 2 is 0.854 bits per heavy atom. The monoisotopic (exact) mass is 638 g/mol. The number of carbonyl (C=O) groups is 7. The average Bonchev–Trinajstić information content (AvgIpc) is 3.64. The van der Waals surface area contributed by atoms with Crippen molar-refractivity contribution in [2.75, 3.05) is 9.80 Å². The number of fused-ring (bicyclic) bond motifs is 2. The Bertz CT molecular complexity index is 2070. The standard InChI is InChI=1S/C37H22N2O9/c40-31-21(15-19-1-9-25(10-2-19)38-32(41)27-13-7-23(36(45)46)17-29(27)34(38)43)5-6-22(31)16-20-3-11-26(12-4-20)39-33(42)28-14-8-24(37(47)48)18-30(28)35(39)44/h1-4,7-18H,5-6H2,(H,45,46)(H,47,48)/b21-15-,22-16-. The fourth-order valence-corrected chi connectivity index (χ4v) is 6.04. The molecular formula is C37H22N2O9. The van der Waals surface area contributed by atoms with E-state index < -0.39 is 35.6 Å². The number of allylic oxidation sites excluding steroid dienone is 2. The number of imide groups is 2. The molecule has 4 aromatic rings. The van der Waals surface area contributed by atoms with Crippen LogP contribution in [-0.4, -0.2) is 51.6 Å². The molecule has 2 N–H and O–H groups in total. The van der Waals surface area contributed by atoms with E-state index in [1.54, 1.807) is 60.7 Å². The number of nitrogens with zero attached hydrogens (tertiary/aromatic N) is 2. The molecule has 0 atom stereocenters. The largest absolute Gasteiger partial charge is 0.478 e. The Morgan fingerprint density at radius 1 is 0.500 bits per heavy atom. The Balaban J connectivity index is 1.04. The van der Waals surface area contributed by atoms with Gasteiger partial charge in [0.05, 0.1) is 44.8 Å². The number of anilines is 2. The third-order valence-corrected chi connectivity index (χ3v) is 8.50. The first kappa shape index (κ1) is 29.9. The van der Waals surface area contributed by atoms with Gasteiger partial charge in [-0.05, 0) is 96.8 Å². The van der Waals surface area contributed by atoms with Crippen LogP contribution in [0.25, 0.3) is 12.2 Å². The molecule has 2 heterocycles. The molecule has 0 radical (unpaired) electrons. The van der Waals surface area contributed by atoms with Crippen LogP contribution in [0.15, 0.2) is 96.1 Å². The minimum atomic E-state index is -1.20. The average molecular weight is 639 g/mol. The van der Waals surface area contributed by atoms with Gasteiger partial charge in [-0.1, -0.05) is 24.3 Å². The molecular weight excluding hydrogens is 616 g/mol. The first-order chi connectivity index (χ1) is 23.0. The summed E-state index contributed by atoms with van der Waals surface area (Å²) in [6.45, 7) is 0. The molecule has 4 aromatic carbocycles. The molecule has 234 valence electrons. The van der Waals surface area contributed by atoms with Crippen molar-refractivity contribution in [2.45, 2.75) is 12.8 Å². The molecule has 3 aliphatic rings. The van der Waals surface area contributed by atoms with Crippen molar-refractivity contribution in [3.63, 3.8) is 0 Å². The van der Waals surface area contributed by atoms with Gasteiger partial charge in [0.25, 0.3) is 23.6 Å². The summed E-state index contributed by atoms with van der Waals surface area (Å²) in [4.78, 5) is 89.6. The molecule has 11 heteroatoms. The second kappa shape index (κ2) is 11.2. The van der Waals surface area contributed by atoms with E-state index in [0.717, 1.165) is 9.80 Å². The zero-order valence-corrected chi connectivity index (χ0v) is 24.8. The first-order valence-corrected chi connectivity index (χ1v) is 14.7. The van der Waals surface area contributed by atoms with Crippen LogP contribution in [-0.2, 0) is 4.79 Å². The summed E-state index contributed by atoms with van der Waals surface area (Å²) in [5.74, 6) is -4.87. The Kier molecular flexibility index (Phi) is 7.01. The van der Waals surface area contributed by atoms with E-state index in [9.17, 15) is 43.8 Å². The Labute approximate surface area is 271 Å². The summed E-state index contributed by atoms with van der Waals surface area (Å²) in [5.41, 5.74) is 3.29. The van der Waals surface area contributed by atoms with Gasteiger partial charge < -0.3 is 10.2 Å². The highest BCUT2D eigenvalue weighted by molar-refractivity contribution is 6.35. The molecule has 1 saturated carbocycles. The number of carboxylic acids is 2. The van der Waals surface area contributed by atoms with Gasteiger partial charge in [-0.25, -0.2) is 19.4 Å². The Morgan fingerprint density at radius 3 is 1.21 bits per heavy atom. The second-order valence-electron chi connectivity index (χ2n) is 11.4. The zero-order valence-electron chi connectivity index (χ0n) is 24.8. The van der Waals surface area contributed by atoms with Crippen molar-refractivity contribution >= 4 is 64.9 Å². The molecule has 1 fully saturated rings. The molecule has 0 bridgehead atoms. The summed E-state index contributed by atoms with van der Waals surface area (Å²) in [5, 5.41) is 18.5. The minimum Gasteiger partial charge on any atom is -0.478 e. The highest BCUT2D eigenvalue weighted by atomic mass is 16.4. The van der Waals surface area contributed by atoms with Gasteiger partial charge in [0.2, 0.25) is 0 Å². The lowest BCUT2D eigenvalue weighted by atomic mass is 10.1. The Hall–Kier alpha value is -6.75. The lowest BCUT2D eigenvalue weighted by Crippen LogP contribution is -2.29. The molecule has 0 spiro atoms. The van der Waals surface area contributed by atoms with Crippen molar-refractivity contribution < 1.29 is 43.8 Å². The van der Waals surface area contributed by atoms with Gasteiger partial charge in [0.1, 0.15) is 0 Å². The molecule has 48 heavy (non-hydrogen) atoms. The maximum absolute atomic E-state index is 13.2. The van der Waals surface area contributed by atoms with E-state index in [-0.39, 0.29) is 39.2 Å². The summed E-state index contributed by atoms with van der Waals surface area (Å²) >= 11 is 0. The van der Waals surface area contributed by atoms with E-state index in [1.165, 1.54) is 36.4 Å². The van der Waals surface area contributed by atoms with Crippen LogP contribution in [0.4, 0.5) is 11.4 Å². The fourth-order valence-electron chi connectivity index (χ4n) is 6.04. The van der Waals surface area contributed by atoms with Crippen molar-refractivity contribution in [1.29, 1.82) is 0 Å². The van der Waals surface area contributed by atoms with Crippen LogP contribution in [0.1, 0.15) is 86.1 Å². The van der Waals surface area contributed by atoms with E-state index in [0.29, 0.717) is 46.5 Å². The fraction of sp³-hybridized carbons (Fsp3) is 0.0541. The maximum atomic E-state index is 13.2. The predicted molar refractivity (Wildman–Crippen MR) is 172 cm³/mol. The number of benzene rings is 4. The van der Waals surface area contributed by atoms with Crippen molar-refractivity contribution in [2.24, 2.45) is 0 Å². The van der Waals surface area contributed by atoms with Crippen LogP contribution >= 0.6 is 0 Å². The summed E-state index contributed by atoms with van der Waals surface area (Å²) < 4.78 is 0. The van der Waals surface area contributed by atoms with Crippen LogP contribution in [0.3, 0.4) is 0 Å². The topological polar surface area (TPSA) is 166 Å². The van der Waals surface area contributed by atoms with Crippen LogP contribution in [0, 0.1) is 0 Å². The highest BCUT2D eigenvalue weighted by Gasteiger charge is 2.38. The normalized spacial score (nSPS) is 17.1. The molecule has 2 aliphatic heterocycles. The summed E-state index contributed by atoms with van der Waals surface area (Å²) in [6, 6.07) is 20.7. The number of Topliss-reactive ketones (excluding diaryl/α,β-unsaturated/α-hetero) is 1. The first-order valence-electron chi connectivity index (χ1n) is 14.7. The van der Waals surface area contributed by atoms with Crippen LogP contribution < -0.4 is 9.80 Å². The van der Waals surface area contributed by atoms with Crippen LogP contribution in [0.2, 0.25) is 0 Å². The SMILES string of the molecule is O=C1/C(=C\c2ccc(N3C(=O)c4ccc(C(=O)O)cc4C3=O)cc2)CC/C1=C/c1ccc(N2C(=O)c3ccc(C(=O)O)cc3C2=O)cc1. The number of aromatic carboxylic acids is 2. The predicted octanol–water partition coefficient (Wildman–Crippen LogP) is 5.51. The zero-order chi connectivity index (χ0) is 33.9. The van der Waals surface area contributed by atoms with Gasteiger partial charge in [-0.2, -0.15) is 0 Å². The highest BCUT2D eigenvalue weighted by Crippen LogP contribution is 2.33. The second-order valence-corrected chi connectivity index (χ2v) is 11.4. The molecule has 7 rings (SSSR count). The molecule has 0 unspecified atom stereocenters. The van der Waals surface area contributed by atoms with Gasteiger partial charge in [-0.3, -0.25) is 24.0 Å². The number of hydrogen-bond donors (Lipinski definition) is 2. The lowest BCUT2D eigenvalue weighted by Gasteiger charge is -2.14. The minimum absolute atomic E-state index is 0.0243. The van der Waals surface area contributed by atoms with Crippen molar-refractivity contribution in [3.8, 4) is 0 Å². The molecule has 11 nitrogen and oxygen atoms in total. The van der Waals surface area contributed by atoms with Gasteiger partial charge in [0, 0.05) is 11.1 Å². The number of rotatable bonds is 6. The molecule has 0 saturated heterocycles. The van der Waals surface area contributed by atoms with Gasteiger partial charge >= 0.3 is 11.9 Å². The number of hydrogen-bond acceptors (Lipinski definition) is 7. The third kappa shape index (κ3) is 4.90. The van der Waals surface area contributed by atoms with E-state index >= 15 is 0 Å².